The van der Waals surface area contributed by atoms with E-state index in [0.29, 0.717) is 5.66 Å². The van der Waals surface area contributed by atoms with E-state index in [1.54, 1.807) is 0 Å². The first-order valence-electron chi connectivity index (χ1n) is 3.30. The van der Waals surface area contributed by atoms with Crippen molar-refractivity contribution < 1.29 is 0 Å². The summed E-state index contributed by atoms with van der Waals surface area (Å²) >= 11 is 0. The molecule has 2 nitrogen and oxygen atoms in total. The lowest BCUT2D eigenvalue weighted by Gasteiger charge is -2.57. The van der Waals surface area contributed by atoms with Crippen LogP contribution in [-0.2, 0) is 0 Å². The fourth-order valence-corrected chi connectivity index (χ4v) is 1.56. The Balaban J connectivity index is 2.03. The molecule has 1 spiro atoms. The highest BCUT2D eigenvalue weighted by molar-refractivity contribution is 5.02. The van der Waals surface area contributed by atoms with Crippen LogP contribution < -0.4 is 5.32 Å². The molecular weight excluding hydrogens is 100 g/mol. The fraction of sp³-hybridized carbons (Fsp3) is 1.00. The Bertz CT molecular complexity index is 102. The summed E-state index contributed by atoms with van der Waals surface area (Å²) in [5.41, 5.74) is 0.486. The van der Waals surface area contributed by atoms with Gasteiger partial charge in [-0.05, 0) is 26.4 Å². The maximum absolute atomic E-state index is 3.43. The molecular formula is C6H12N2. The monoisotopic (exact) mass is 112 g/mol. The van der Waals surface area contributed by atoms with Gasteiger partial charge in [0, 0.05) is 6.54 Å². The molecule has 2 aliphatic rings. The summed E-state index contributed by atoms with van der Waals surface area (Å²) in [5.74, 6) is 0. The lowest BCUT2D eigenvalue weighted by Crippen LogP contribution is -2.73. The Morgan fingerprint density at radius 1 is 1.50 bits per heavy atom. The van der Waals surface area contributed by atoms with Gasteiger partial charge in [-0.15, -0.1) is 0 Å². The zero-order valence-corrected chi connectivity index (χ0v) is 5.28. The Kier molecular flexibility index (Phi) is 0.746. The van der Waals surface area contributed by atoms with Gasteiger partial charge in [0.25, 0.3) is 0 Å². The van der Waals surface area contributed by atoms with Crippen molar-refractivity contribution >= 4 is 0 Å². The predicted molar refractivity (Wildman–Crippen MR) is 32.6 cm³/mol. The molecule has 0 bridgehead atoms. The number of hydrogen-bond acceptors (Lipinski definition) is 2. The molecule has 2 heteroatoms. The van der Waals surface area contributed by atoms with Gasteiger partial charge in [-0.3, -0.25) is 10.2 Å². The topological polar surface area (TPSA) is 15.3 Å². The van der Waals surface area contributed by atoms with Crippen LogP contribution in [0.2, 0.25) is 0 Å². The van der Waals surface area contributed by atoms with Crippen LogP contribution in [-0.4, -0.2) is 30.7 Å². The molecule has 2 aliphatic heterocycles. The molecule has 0 aromatic carbocycles. The summed E-state index contributed by atoms with van der Waals surface area (Å²) in [7, 11) is 2.19. The van der Waals surface area contributed by atoms with Crippen molar-refractivity contribution in [3.63, 3.8) is 0 Å². The average molecular weight is 112 g/mol. The maximum Gasteiger partial charge on any atom is 0.0734 e. The summed E-state index contributed by atoms with van der Waals surface area (Å²) in [6.45, 7) is 2.51. The van der Waals surface area contributed by atoms with Crippen LogP contribution in [0, 0.1) is 0 Å². The lowest BCUT2D eigenvalue weighted by molar-refractivity contribution is -0.0711. The Labute approximate surface area is 49.9 Å². The Morgan fingerprint density at radius 2 is 2.25 bits per heavy atom. The van der Waals surface area contributed by atoms with E-state index < -0.39 is 0 Å². The number of likely N-dealkylation sites (tertiary alicyclic amines) is 1. The number of hydrogen-bond donors (Lipinski definition) is 1. The van der Waals surface area contributed by atoms with Crippen LogP contribution in [0.15, 0.2) is 0 Å². The van der Waals surface area contributed by atoms with Gasteiger partial charge in [0.05, 0.1) is 5.66 Å². The summed E-state index contributed by atoms with van der Waals surface area (Å²) in [6.07, 6.45) is 2.73. The van der Waals surface area contributed by atoms with E-state index in [9.17, 15) is 0 Å². The second-order valence-corrected chi connectivity index (χ2v) is 2.88. The fourth-order valence-electron chi connectivity index (χ4n) is 1.56. The molecule has 1 N–H and O–H groups in total. The van der Waals surface area contributed by atoms with Gasteiger partial charge in [-0.2, -0.15) is 0 Å². The number of nitrogens with zero attached hydrogens (tertiary/aromatic N) is 1. The normalized spacial score (nSPS) is 46.1. The van der Waals surface area contributed by atoms with Crippen LogP contribution in [0.25, 0.3) is 0 Å². The van der Waals surface area contributed by atoms with Gasteiger partial charge in [-0.1, -0.05) is 0 Å². The highest BCUT2D eigenvalue weighted by Gasteiger charge is 2.46. The standard InChI is InChI=1S/C6H12N2/c1-8-5-3-6(8)2-4-7-6/h7H,2-5H2,1H3. The zero-order valence-electron chi connectivity index (χ0n) is 5.28. The van der Waals surface area contributed by atoms with E-state index in [1.807, 2.05) is 0 Å². The van der Waals surface area contributed by atoms with E-state index >= 15 is 0 Å². The largest absolute Gasteiger partial charge is 0.299 e. The van der Waals surface area contributed by atoms with E-state index in [2.05, 4.69) is 17.3 Å². The molecule has 2 saturated heterocycles. The highest BCUT2D eigenvalue weighted by atomic mass is 15.4. The second kappa shape index (κ2) is 1.25. The van der Waals surface area contributed by atoms with Gasteiger partial charge in [0.2, 0.25) is 0 Å². The SMILES string of the molecule is CN1CCC12CCN2. The summed E-state index contributed by atoms with van der Waals surface area (Å²) in [5, 5.41) is 3.43. The van der Waals surface area contributed by atoms with Crippen molar-refractivity contribution in [3.05, 3.63) is 0 Å². The zero-order chi connectivity index (χ0) is 5.61. The van der Waals surface area contributed by atoms with Crippen molar-refractivity contribution in [2.24, 2.45) is 0 Å². The molecule has 1 atom stereocenters. The van der Waals surface area contributed by atoms with E-state index in [1.165, 1.54) is 25.9 Å². The molecule has 8 heavy (non-hydrogen) atoms. The number of rotatable bonds is 0. The van der Waals surface area contributed by atoms with Crippen molar-refractivity contribution in [1.82, 2.24) is 10.2 Å². The molecule has 0 amide bonds. The third kappa shape index (κ3) is 0.361. The smallest absolute Gasteiger partial charge is 0.0734 e. The maximum atomic E-state index is 3.43. The van der Waals surface area contributed by atoms with Crippen molar-refractivity contribution in [3.8, 4) is 0 Å². The third-order valence-electron chi connectivity index (χ3n) is 2.58. The third-order valence-corrected chi connectivity index (χ3v) is 2.58. The average Bonchev–Trinajstić information content (AvgIpc) is 1.58. The van der Waals surface area contributed by atoms with E-state index in [4.69, 9.17) is 0 Å². The summed E-state index contributed by atoms with van der Waals surface area (Å²) in [4.78, 5) is 2.40. The van der Waals surface area contributed by atoms with Crippen LogP contribution in [0.5, 0.6) is 0 Å². The minimum atomic E-state index is 0.486. The summed E-state index contributed by atoms with van der Waals surface area (Å²) in [6, 6.07) is 0. The van der Waals surface area contributed by atoms with Crippen molar-refractivity contribution in [2.45, 2.75) is 18.5 Å². The van der Waals surface area contributed by atoms with Crippen molar-refractivity contribution in [1.29, 1.82) is 0 Å². The predicted octanol–water partition coefficient (Wildman–Crippen LogP) is 0.0115. The van der Waals surface area contributed by atoms with E-state index in [-0.39, 0.29) is 0 Å². The second-order valence-electron chi connectivity index (χ2n) is 2.88. The van der Waals surface area contributed by atoms with Gasteiger partial charge >= 0.3 is 0 Å². The molecule has 1 unspecified atom stereocenters. The molecule has 46 valence electrons. The van der Waals surface area contributed by atoms with Gasteiger partial charge in [0.1, 0.15) is 0 Å². The van der Waals surface area contributed by atoms with E-state index in [0.717, 1.165) is 0 Å². The highest BCUT2D eigenvalue weighted by Crippen LogP contribution is 2.33. The first-order valence-corrected chi connectivity index (χ1v) is 3.30. The Hall–Kier alpha value is -0.0800. The first-order chi connectivity index (χ1) is 3.83. The molecule has 0 radical (unpaired) electrons. The quantitative estimate of drug-likeness (QED) is 0.475. The molecule has 0 aliphatic carbocycles. The summed E-state index contributed by atoms with van der Waals surface area (Å²) < 4.78 is 0. The minimum absolute atomic E-state index is 0.486. The Morgan fingerprint density at radius 3 is 2.25 bits per heavy atom. The van der Waals surface area contributed by atoms with Crippen LogP contribution in [0.4, 0.5) is 0 Å². The van der Waals surface area contributed by atoms with Gasteiger partial charge in [-0.25, -0.2) is 0 Å². The molecule has 2 fully saturated rings. The van der Waals surface area contributed by atoms with Crippen molar-refractivity contribution in [2.75, 3.05) is 20.1 Å². The first kappa shape index (κ1) is 4.77. The lowest BCUT2D eigenvalue weighted by atomic mass is 9.85. The molecule has 2 rings (SSSR count). The van der Waals surface area contributed by atoms with Gasteiger partial charge in [0.15, 0.2) is 0 Å². The van der Waals surface area contributed by atoms with Crippen LogP contribution in [0.3, 0.4) is 0 Å². The van der Waals surface area contributed by atoms with Crippen LogP contribution >= 0.6 is 0 Å². The van der Waals surface area contributed by atoms with Crippen LogP contribution in [0.1, 0.15) is 12.8 Å². The van der Waals surface area contributed by atoms with Gasteiger partial charge < -0.3 is 0 Å². The molecule has 2 heterocycles. The molecule has 0 aromatic heterocycles. The number of nitrogens with one attached hydrogen (secondary N) is 1. The minimum Gasteiger partial charge on any atom is -0.299 e. The molecule has 0 aromatic rings. The molecule has 0 saturated carbocycles.